The lowest BCUT2D eigenvalue weighted by Crippen LogP contribution is -2.33. The van der Waals surface area contributed by atoms with E-state index in [4.69, 9.17) is 11.6 Å². The molecule has 0 radical (unpaired) electrons. The van der Waals surface area contributed by atoms with E-state index in [0.29, 0.717) is 6.04 Å². The van der Waals surface area contributed by atoms with Crippen molar-refractivity contribution >= 4 is 39.3 Å². The zero-order chi connectivity index (χ0) is 15.1. The average Bonchev–Trinajstić information content (AvgIpc) is 2.46. The molecule has 0 aliphatic heterocycles. The van der Waals surface area contributed by atoms with Crippen LogP contribution < -0.4 is 5.32 Å². The molecule has 0 spiro atoms. The van der Waals surface area contributed by atoms with Crippen molar-refractivity contribution in [3.05, 3.63) is 63.6 Å². The second-order valence-electron chi connectivity index (χ2n) is 4.83. The number of nitrogens with one attached hydrogen (secondary N) is 1. The van der Waals surface area contributed by atoms with Crippen molar-refractivity contribution in [2.75, 3.05) is 12.3 Å². The average molecular weight is 385 g/mol. The maximum atomic E-state index is 6.22. The van der Waals surface area contributed by atoms with E-state index in [9.17, 15) is 0 Å². The van der Waals surface area contributed by atoms with Crippen molar-refractivity contribution < 1.29 is 0 Å². The molecule has 21 heavy (non-hydrogen) atoms. The first-order valence-corrected chi connectivity index (χ1v) is 9.20. The fourth-order valence-electron chi connectivity index (χ4n) is 2.18. The SMILES string of the molecule is CCNC(CSc1ccccc1Cl)Cc1cccc(Br)c1. The zero-order valence-corrected chi connectivity index (χ0v) is 15.1. The molecule has 0 aliphatic rings. The highest BCUT2D eigenvalue weighted by Gasteiger charge is 2.10. The molecule has 2 aromatic rings. The topological polar surface area (TPSA) is 12.0 Å². The standard InChI is InChI=1S/C17H19BrClNS/c1-2-20-15(11-13-6-5-7-14(18)10-13)12-21-17-9-4-3-8-16(17)19/h3-10,15,20H,2,11-12H2,1H3. The molecule has 0 fully saturated rings. The van der Waals surface area contributed by atoms with Gasteiger partial charge in [0.25, 0.3) is 0 Å². The zero-order valence-electron chi connectivity index (χ0n) is 12.0. The van der Waals surface area contributed by atoms with Crippen LogP contribution in [0.2, 0.25) is 5.02 Å². The van der Waals surface area contributed by atoms with Crippen molar-refractivity contribution in [1.29, 1.82) is 0 Å². The smallest absolute Gasteiger partial charge is 0.0541 e. The Labute approximate surface area is 144 Å². The summed E-state index contributed by atoms with van der Waals surface area (Å²) < 4.78 is 1.13. The normalized spacial score (nSPS) is 12.3. The van der Waals surface area contributed by atoms with Crippen LogP contribution in [0.4, 0.5) is 0 Å². The maximum absolute atomic E-state index is 6.22. The summed E-state index contributed by atoms with van der Waals surface area (Å²) in [7, 11) is 0. The van der Waals surface area contributed by atoms with Crippen molar-refractivity contribution in [2.45, 2.75) is 24.3 Å². The molecule has 0 aromatic heterocycles. The Balaban J connectivity index is 1.97. The Hall–Kier alpha value is -0.480. The minimum Gasteiger partial charge on any atom is -0.313 e. The van der Waals surface area contributed by atoms with E-state index in [1.807, 2.05) is 30.0 Å². The lowest BCUT2D eigenvalue weighted by atomic mass is 10.1. The van der Waals surface area contributed by atoms with Gasteiger partial charge in [-0.25, -0.2) is 0 Å². The summed E-state index contributed by atoms with van der Waals surface area (Å²) >= 11 is 11.6. The highest BCUT2D eigenvalue weighted by atomic mass is 79.9. The molecule has 1 nitrogen and oxygen atoms in total. The van der Waals surface area contributed by atoms with Gasteiger partial charge < -0.3 is 5.32 Å². The van der Waals surface area contributed by atoms with Crippen LogP contribution in [0, 0.1) is 0 Å². The largest absolute Gasteiger partial charge is 0.313 e. The number of likely N-dealkylation sites (N-methyl/N-ethyl adjacent to an activating group) is 1. The van der Waals surface area contributed by atoms with Crippen LogP contribution in [0.1, 0.15) is 12.5 Å². The van der Waals surface area contributed by atoms with Gasteiger partial charge in [0.15, 0.2) is 0 Å². The number of thioether (sulfide) groups is 1. The number of hydrogen-bond acceptors (Lipinski definition) is 2. The molecule has 0 saturated heterocycles. The van der Waals surface area contributed by atoms with E-state index in [1.54, 1.807) is 0 Å². The Bertz CT molecular complexity index is 576. The van der Waals surface area contributed by atoms with Crippen molar-refractivity contribution in [2.24, 2.45) is 0 Å². The molecule has 4 heteroatoms. The van der Waals surface area contributed by atoms with Crippen molar-refractivity contribution in [3.8, 4) is 0 Å². The van der Waals surface area contributed by atoms with E-state index < -0.39 is 0 Å². The van der Waals surface area contributed by atoms with E-state index >= 15 is 0 Å². The minimum absolute atomic E-state index is 0.436. The second kappa shape index (κ2) is 8.84. The molecule has 112 valence electrons. The maximum Gasteiger partial charge on any atom is 0.0541 e. The molecule has 0 aliphatic carbocycles. The van der Waals surface area contributed by atoms with Gasteiger partial charge >= 0.3 is 0 Å². The van der Waals surface area contributed by atoms with Crippen LogP contribution in [-0.4, -0.2) is 18.3 Å². The summed E-state index contributed by atoms with van der Waals surface area (Å²) in [6.07, 6.45) is 1.02. The third kappa shape index (κ3) is 5.67. The van der Waals surface area contributed by atoms with Crippen LogP contribution in [-0.2, 0) is 6.42 Å². The summed E-state index contributed by atoms with van der Waals surface area (Å²) in [5, 5.41) is 4.39. The molecular weight excluding hydrogens is 366 g/mol. The van der Waals surface area contributed by atoms with Gasteiger partial charge in [0.2, 0.25) is 0 Å². The molecule has 0 heterocycles. The predicted octanol–water partition coefficient (Wildman–Crippen LogP) is 5.42. The molecule has 0 bridgehead atoms. The van der Waals surface area contributed by atoms with Crippen molar-refractivity contribution in [1.82, 2.24) is 5.32 Å². The second-order valence-corrected chi connectivity index (χ2v) is 7.21. The summed E-state index contributed by atoms with van der Waals surface area (Å²) in [6.45, 7) is 3.12. The number of hydrogen-bond donors (Lipinski definition) is 1. The van der Waals surface area contributed by atoms with Crippen molar-refractivity contribution in [3.63, 3.8) is 0 Å². The Kier molecular flexibility index (Phi) is 7.11. The summed E-state index contributed by atoms with van der Waals surface area (Å²) in [4.78, 5) is 1.15. The number of rotatable bonds is 7. The van der Waals surface area contributed by atoms with Gasteiger partial charge in [0, 0.05) is 21.2 Å². The van der Waals surface area contributed by atoms with Crippen LogP contribution >= 0.6 is 39.3 Å². The first-order chi connectivity index (χ1) is 10.2. The lowest BCUT2D eigenvalue weighted by molar-refractivity contribution is 0.572. The first-order valence-electron chi connectivity index (χ1n) is 7.04. The number of halogens is 2. The molecule has 1 N–H and O–H groups in total. The molecule has 0 saturated carbocycles. The Morgan fingerprint density at radius 2 is 2.00 bits per heavy atom. The molecular formula is C17H19BrClNS. The van der Waals surface area contributed by atoms with Crippen LogP contribution in [0.5, 0.6) is 0 Å². The third-order valence-corrected chi connectivity index (χ3v) is 5.31. The summed E-state index contributed by atoms with van der Waals surface area (Å²) in [5.74, 6) is 1.00. The molecule has 0 amide bonds. The molecule has 1 unspecified atom stereocenters. The molecule has 2 rings (SSSR count). The summed E-state index contributed by atoms with van der Waals surface area (Å²) in [6, 6.07) is 17.0. The van der Waals surface area contributed by atoms with Gasteiger partial charge in [0.05, 0.1) is 5.02 Å². The fourth-order valence-corrected chi connectivity index (χ4v) is 3.92. The quantitative estimate of drug-likeness (QED) is 0.640. The van der Waals surface area contributed by atoms with Gasteiger partial charge in [0.1, 0.15) is 0 Å². The van der Waals surface area contributed by atoms with Gasteiger partial charge in [-0.15, -0.1) is 11.8 Å². The Morgan fingerprint density at radius 1 is 1.19 bits per heavy atom. The van der Waals surface area contributed by atoms with E-state index in [0.717, 1.165) is 33.1 Å². The van der Waals surface area contributed by atoms with Gasteiger partial charge in [-0.2, -0.15) is 0 Å². The lowest BCUT2D eigenvalue weighted by Gasteiger charge is -2.18. The highest BCUT2D eigenvalue weighted by Crippen LogP contribution is 2.27. The van der Waals surface area contributed by atoms with Crippen LogP contribution in [0.3, 0.4) is 0 Å². The monoisotopic (exact) mass is 383 g/mol. The van der Waals surface area contributed by atoms with Gasteiger partial charge in [-0.3, -0.25) is 0 Å². The third-order valence-electron chi connectivity index (χ3n) is 3.14. The highest BCUT2D eigenvalue weighted by molar-refractivity contribution is 9.10. The van der Waals surface area contributed by atoms with E-state index in [2.05, 4.69) is 58.5 Å². The minimum atomic E-state index is 0.436. The fraction of sp³-hybridized carbons (Fsp3) is 0.294. The predicted molar refractivity (Wildman–Crippen MR) is 97.5 cm³/mol. The van der Waals surface area contributed by atoms with E-state index in [1.165, 1.54) is 5.56 Å². The Morgan fingerprint density at radius 3 is 2.71 bits per heavy atom. The molecule has 1 atom stereocenters. The van der Waals surface area contributed by atoms with E-state index in [-0.39, 0.29) is 0 Å². The van der Waals surface area contributed by atoms with Gasteiger partial charge in [-0.1, -0.05) is 58.7 Å². The van der Waals surface area contributed by atoms with Crippen LogP contribution in [0.25, 0.3) is 0 Å². The van der Waals surface area contributed by atoms with Crippen LogP contribution in [0.15, 0.2) is 57.9 Å². The first kappa shape index (κ1) is 16.9. The molecule has 2 aromatic carbocycles. The number of benzene rings is 2. The van der Waals surface area contributed by atoms with Gasteiger partial charge in [-0.05, 0) is 42.8 Å². The summed E-state index contributed by atoms with van der Waals surface area (Å²) in [5.41, 5.74) is 1.34.